The summed E-state index contributed by atoms with van der Waals surface area (Å²) in [5, 5.41) is 0. The smallest absolute Gasteiger partial charge is 0.251 e. The third-order valence-corrected chi connectivity index (χ3v) is 5.51. The normalized spacial score (nSPS) is 11.2. The second-order valence-corrected chi connectivity index (χ2v) is 8.12. The lowest BCUT2D eigenvalue weighted by atomic mass is 9.96. The number of unbranched alkanes of at least 4 members (excludes halogenated alkanes) is 2. The minimum Gasteiger partial charge on any atom is -0.496 e. The number of primary amides is 1. The second-order valence-electron chi connectivity index (χ2n) is 8.12. The van der Waals surface area contributed by atoms with Crippen LogP contribution in [0.3, 0.4) is 0 Å². The van der Waals surface area contributed by atoms with Crippen LogP contribution in [0.2, 0.25) is 0 Å². The molecular weight excluding hydrogens is 348 g/mol. The van der Waals surface area contributed by atoms with Gasteiger partial charge in [0.25, 0.3) is 5.91 Å². The zero-order valence-corrected chi connectivity index (χ0v) is 18.4. The van der Waals surface area contributed by atoms with Gasteiger partial charge in [-0.1, -0.05) is 39.7 Å². The molecule has 4 nitrogen and oxygen atoms in total. The molecular formula is C24H36N2O2. The Bertz CT molecular complexity index is 818. The molecule has 4 heteroatoms. The minimum atomic E-state index is -0.346. The van der Waals surface area contributed by atoms with Crippen molar-refractivity contribution in [2.45, 2.75) is 73.3 Å². The fraction of sp³-hybridized carbons (Fsp3) is 0.542. The van der Waals surface area contributed by atoms with Gasteiger partial charge in [-0.15, -0.1) is 0 Å². The summed E-state index contributed by atoms with van der Waals surface area (Å²) in [6, 6.07) is 6.13. The molecule has 1 aromatic heterocycles. The molecule has 0 radical (unpaired) electrons. The summed E-state index contributed by atoms with van der Waals surface area (Å²) in [5.74, 6) is 1.11. The molecule has 0 saturated heterocycles. The molecule has 1 amide bonds. The van der Waals surface area contributed by atoms with E-state index >= 15 is 0 Å². The molecule has 1 aromatic carbocycles. The first-order chi connectivity index (χ1) is 13.3. The number of benzene rings is 1. The highest BCUT2D eigenvalue weighted by Crippen LogP contribution is 2.36. The zero-order valence-electron chi connectivity index (χ0n) is 18.4. The van der Waals surface area contributed by atoms with E-state index in [4.69, 9.17) is 10.5 Å². The Morgan fingerprint density at radius 1 is 1.21 bits per heavy atom. The maximum atomic E-state index is 12.4. The molecule has 28 heavy (non-hydrogen) atoms. The average molecular weight is 385 g/mol. The maximum Gasteiger partial charge on any atom is 0.251 e. The number of hydrogen-bond donors (Lipinski definition) is 1. The first-order valence-corrected chi connectivity index (χ1v) is 10.5. The lowest BCUT2D eigenvalue weighted by Gasteiger charge is -2.15. The van der Waals surface area contributed by atoms with E-state index in [0.717, 1.165) is 53.9 Å². The second kappa shape index (κ2) is 9.81. The molecule has 0 fully saturated rings. The lowest BCUT2D eigenvalue weighted by molar-refractivity contribution is 0.1000. The van der Waals surface area contributed by atoms with E-state index in [0.29, 0.717) is 11.5 Å². The molecule has 154 valence electrons. The number of rotatable bonds is 10. The molecule has 2 rings (SSSR count). The Hall–Kier alpha value is -2.23. The van der Waals surface area contributed by atoms with Gasteiger partial charge in [-0.25, -0.2) is 0 Å². The Balaban J connectivity index is 2.67. The van der Waals surface area contributed by atoms with Crippen molar-refractivity contribution in [1.82, 2.24) is 4.57 Å². The van der Waals surface area contributed by atoms with Crippen LogP contribution < -0.4 is 10.5 Å². The fourth-order valence-corrected chi connectivity index (χ4v) is 3.94. The van der Waals surface area contributed by atoms with Crippen LogP contribution in [0.1, 0.15) is 73.8 Å². The van der Waals surface area contributed by atoms with Gasteiger partial charge in [-0.3, -0.25) is 4.79 Å². The molecule has 0 spiro atoms. The minimum absolute atomic E-state index is 0.346. The summed E-state index contributed by atoms with van der Waals surface area (Å²) < 4.78 is 7.76. The van der Waals surface area contributed by atoms with Crippen molar-refractivity contribution >= 4 is 5.91 Å². The number of carbonyl (C=O) groups excluding carboxylic acids is 1. The van der Waals surface area contributed by atoms with E-state index in [1.54, 1.807) is 7.11 Å². The molecule has 0 aliphatic carbocycles. The molecule has 0 saturated carbocycles. The van der Waals surface area contributed by atoms with Crippen molar-refractivity contribution in [1.29, 1.82) is 0 Å². The van der Waals surface area contributed by atoms with Crippen molar-refractivity contribution in [3.8, 4) is 16.9 Å². The average Bonchev–Trinajstić information content (AvgIpc) is 2.92. The van der Waals surface area contributed by atoms with E-state index in [9.17, 15) is 4.79 Å². The molecule has 0 aliphatic heterocycles. The van der Waals surface area contributed by atoms with Crippen LogP contribution in [-0.4, -0.2) is 17.6 Å². The van der Waals surface area contributed by atoms with Crippen molar-refractivity contribution in [3.63, 3.8) is 0 Å². The summed E-state index contributed by atoms with van der Waals surface area (Å²) in [6.07, 6.45) is 5.50. The largest absolute Gasteiger partial charge is 0.496 e. The van der Waals surface area contributed by atoms with E-state index in [1.165, 1.54) is 18.5 Å². The van der Waals surface area contributed by atoms with E-state index in [2.05, 4.69) is 31.4 Å². The van der Waals surface area contributed by atoms with Crippen LogP contribution in [0.4, 0.5) is 0 Å². The summed E-state index contributed by atoms with van der Waals surface area (Å²) in [7, 11) is 1.68. The molecule has 1 heterocycles. The molecule has 0 aliphatic rings. The number of amides is 1. The molecule has 0 unspecified atom stereocenters. The number of carbonyl (C=O) groups is 1. The fourth-order valence-electron chi connectivity index (χ4n) is 3.94. The van der Waals surface area contributed by atoms with Crippen LogP contribution in [0.25, 0.3) is 11.1 Å². The van der Waals surface area contributed by atoms with Crippen LogP contribution >= 0.6 is 0 Å². The standard InChI is InChI=1S/C24H36N2O2/c1-7-8-9-10-20-23(19-11-12-21(28-6)17(4)15-19)22(24(25)27)18(5)26(20)14-13-16(2)3/h11-12,15-16H,7-10,13-14H2,1-6H3,(H2,25,27). The number of aryl methyl sites for hydroxylation is 1. The number of ether oxygens (including phenoxy) is 1. The Morgan fingerprint density at radius 2 is 1.93 bits per heavy atom. The first-order valence-electron chi connectivity index (χ1n) is 10.5. The zero-order chi connectivity index (χ0) is 20.8. The van der Waals surface area contributed by atoms with Crippen molar-refractivity contribution < 1.29 is 9.53 Å². The van der Waals surface area contributed by atoms with E-state index < -0.39 is 0 Å². The van der Waals surface area contributed by atoms with Crippen LogP contribution in [0.5, 0.6) is 5.75 Å². The number of nitrogens with zero attached hydrogens (tertiary/aromatic N) is 1. The van der Waals surface area contributed by atoms with Crippen LogP contribution in [0, 0.1) is 19.8 Å². The van der Waals surface area contributed by atoms with Gasteiger partial charge < -0.3 is 15.0 Å². The highest BCUT2D eigenvalue weighted by Gasteiger charge is 2.25. The predicted octanol–water partition coefficient (Wildman–Crippen LogP) is 5.66. The van der Waals surface area contributed by atoms with E-state index in [-0.39, 0.29) is 5.91 Å². The van der Waals surface area contributed by atoms with Gasteiger partial charge >= 0.3 is 0 Å². The Morgan fingerprint density at radius 3 is 2.46 bits per heavy atom. The van der Waals surface area contributed by atoms with Gasteiger partial charge in [-0.2, -0.15) is 0 Å². The van der Waals surface area contributed by atoms with Gasteiger partial charge in [0, 0.05) is 23.5 Å². The highest BCUT2D eigenvalue weighted by molar-refractivity contribution is 6.02. The molecule has 2 aromatic rings. The number of aromatic nitrogens is 1. The van der Waals surface area contributed by atoms with Crippen molar-refractivity contribution in [2.75, 3.05) is 7.11 Å². The topological polar surface area (TPSA) is 57.2 Å². The molecule has 0 atom stereocenters. The lowest BCUT2D eigenvalue weighted by Crippen LogP contribution is -2.13. The van der Waals surface area contributed by atoms with Crippen molar-refractivity contribution in [3.05, 3.63) is 40.7 Å². The van der Waals surface area contributed by atoms with Crippen molar-refractivity contribution in [2.24, 2.45) is 11.7 Å². The summed E-state index contributed by atoms with van der Waals surface area (Å²) in [4.78, 5) is 12.4. The Kier molecular flexibility index (Phi) is 7.73. The summed E-state index contributed by atoms with van der Waals surface area (Å²) in [5.41, 5.74) is 11.9. The number of nitrogens with two attached hydrogens (primary N) is 1. The quantitative estimate of drug-likeness (QED) is 0.537. The maximum absolute atomic E-state index is 12.4. The number of hydrogen-bond acceptors (Lipinski definition) is 2. The first kappa shape index (κ1) is 22.1. The van der Waals surface area contributed by atoms with Gasteiger partial charge in [-0.05, 0) is 62.3 Å². The van der Waals surface area contributed by atoms with Crippen LogP contribution in [-0.2, 0) is 13.0 Å². The predicted molar refractivity (Wildman–Crippen MR) is 117 cm³/mol. The summed E-state index contributed by atoms with van der Waals surface area (Å²) in [6.45, 7) is 11.7. The summed E-state index contributed by atoms with van der Waals surface area (Å²) >= 11 is 0. The highest BCUT2D eigenvalue weighted by atomic mass is 16.5. The molecule has 2 N–H and O–H groups in total. The van der Waals surface area contributed by atoms with Crippen LogP contribution in [0.15, 0.2) is 18.2 Å². The van der Waals surface area contributed by atoms with Gasteiger partial charge in [0.2, 0.25) is 0 Å². The SMILES string of the molecule is CCCCCc1c(-c2ccc(OC)c(C)c2)c(C(N)=O)c(C)n1CCC(C)C. The third-order valence-electron chi connectivity index (χ3n) is 5.51. The Labute approximate surface area is 170 Å². The van der Waals surface area contributed by atoms with Gasteiger partial charge in [0.1, 0.15) is 5.75 Å². The third kappa shape index (κ3) is 4.78. The van der Waals surface area contributed by atoms with E-state index in [1.807, 2.05) is 26.0 Å². The monoisotopic (exact) mass is 384 g/mol. The number of methoxy groups -OCH3 is 1. The van der Waals surface area contributed by atoms with Gasteiger partial charge in [0.15, 0.2) is 0 Å². The van der Waals surface area contributed by atoms with Gasteiger partial charge in [0.05, 0.1) is 12.7 Å². The molecule has 0 bridgehead atoms.